The van der Waals surface area contributed by atoms with Crippen LogP contribution in [0.2, 0.25) is 0 Å². The zero-order valence-corrected chi connectivity index (χ0v) is 15.6. The van der Waals surface area contributed by atoms with Crippen LogP contribution < -0.4 is 15.4 Å². The summed E-state index contributed by atoms with van der Waals surface area (Å²) in [5, 5.41) is 5.67. The molecule has 5 nitrogen and oxygen atoms in total. The first-order valence-electron chi connectivity index (χ1n) is 9.06. The minimum absolute atomic E-state index is 0.164. The maximum absolute atomic E-state index is 12.3. The third kappa shape index (κ3) is 5.45. The SMILES string of the molecule is C[C@@H](Oc1ccccc1)C(=O)Nc1ccc(C(=O)NCc2ccccc2)cc1. The van der Waals surface area contributed by atoms with Crippen LogP contribution in [0.5, 0.6) is 5.75 Å². The van der Waals surface area contributed by atoms with Gasteiger partial charge in [0.15, 0.2) is 6.10 Å². The third-order valence-electron chi connectivity index (χ3n) is 4.14. The summed E-state index contributed by atoms with van der Waals surface area (Å²) >= 11 is 0. The Kier molecular flexibility index (Phi) is 6.41. The lowest BCUT2D eigenvalue weighted by Gasteiger charge is -2.15. The van der Waals surface area contributed by atoms with Gasteiger partial charge in [-0.25, -0.2) is 0 Å². The van der Waals surface area contributed by atoms with Gasteiger partial charge < -0.3 is 15.4 Å². The molecule has 0 unspecified atom stereocenters. The molecule has 0 aliphatic rings. The van der Waals surface area contributed by atoms with Crippen LogP contribution in [0.15, 0.2) is 84.9 Å². The smallest absolute Gasteiger partial charge is 0.265 e. The molecule has 5 heteroatoms. The molecule has 0 fully saturated rings. The average molecular weight is 374 g/mol. The Balaban J connectivity index is 1.52. The summed E-state index contributed by atoms with van der Waals surface area (Å²) < 4.78 is 5.61. The monoisotopic (exact) mass is 374 g/mol. The molecule has 0 aliphatic heterocycles. The van der Waals surface area contributed by atoms with Crippen LogP contribution in [-0.4, -0.2) is 17.9 Å². The number of carbonyl (C=O) groups excluding carboxylic acids is 2. The first kappa shape index (κ1) is 19.2. The van der Waals surface area contributed by atoms with Crippen LogP contribution in [0.4, 0.5) is 5.69 Å². The van der Waals surface area contributed by atoms with Crippen LogP contribution in [0.3, 0.4) is 0 Å². The predicted octanol–water partition coefficient (Wildman–Crippen LogP) is 4.02. The second-order valence-corrected chi connectivity index (χ2v) is 6.31. The van der Waals surface area contributed by atoms with Crippen molar-refractivity contribution in [3.8, 4) is 5.75 Å². The van der Waals surface area contributed by atoms with Crippen LogP contribution in [0, 0.1) is 0 Å². The van der Waals surface area contributed by atoms with E-state index < -0.39 is 6.10 Å². The number of hydrogen-bond donors (Lipinski definition) is 2. The standard InChI is InChI=1S/C23H22N2O3/c1-17(28-21-10-6-3-7-11-21)22(26)25-20-14-12-19(13-15-20)23(27)24-16-18-8-4-2-5-9-18/h2-15,17H,16H2,1H3,(H,24,27)(H,25,26)/t17-/m1/s1. The third-order valence-corrected chi connectivity index (χ3v) is 4.14. The Bertz CT molecular complexity index is 910. The number of amides is 2. The molecular formula is C23H22N2O3. The summed E-state index contributed by atoms with van der Waals surface area (Å²) in [6, 6.07) is 25.6. The maximum atomic E-state index is 12.3. The second-order valence-electron chi connectivity index (χ2n) is 6.31. The first-order chi connectivity index (χ1) is 13.6. The molecule has 2 amide bonds. The molecule has 2 N–H and O–H groups in total. The van der Waals surface area contributed by atoms with Crippen LogP contribution in [0.1, 0.15) is 22.8 Å². The van der Waals surface area contributed by atoms with E-state index in [0.717, 1.165) is 5.56 Å². The van der Waals surface area contributed by atoms with E-state index >= 15 is 0 Å². The van der Waals surface area contributed by atoms with E-state index in [1.807, 2.05) is 48.5 Å². The normalized spacial score (nSPS) is 11.3. The lowest BCUT2D eigenvalue weighted by molar-refractivity contribution is -0.122. The number of anilines is 1. The molecule has 1 atom stereocenters. The van der Waals surface area contributed by atoms with E-state index in [-0.39, 0.29) is 11.8 Å². The fourth-order valence-electron chi connectivity index (χ4n) is 2.59. The number of carbonyl (C=O) groups is 2. The zero-order chi connectivity index (χ0) is 19.8. The summed E-state index contributed by atoms with van der Waals surface area (Å²) in [7, 11) is 0. The largest absolute Gasteiger partial charge is 0.481 e. The van der Waals surface area contributed by atoms with Crippen molar-refractivity contribution in [3.05, 3.63) is 96.1 Å². The Morgan fingerprint density at radius 1 is 0.857 bits per heavy atom. The van der Waals surface area contributed by atoms with Gasteiger partial charge in [0.2, 0.25) is 0 Å². The molecule has 3 rings (SSSR count). The van der Waals surface area contributed by atoms with E-state index in [2.05, 4.69) is 10.6 Å². The quantitative estimate of drug-likeness (QED) is 0.656. The van der Waals surface area contributed by atoms with Gasteiger partial charge in [0, 0.05) is 17.8 Å². The molecule has 0 radical (unpaired) electrons. The fourth-order valence-corrected chi connectivity index (χ4v) is 2.59. The van der Waals surface area contributed by atoms with Gasteiger partial charge in [-0.3, -0.25) is 9.59 Å². The van der Waals surface area contributed by atoms with Gasteiger partial charge >= 0.3 is 0 Å². The van der Waals surface area contributed by atoms with Crippen LogP contribution in [0.25, 0.3) is 0 Å². The van der Waals surface area contributed by atoms with Crippen molar-refractivity contribution in [2.24, 2.45) is 0 Å². The Labute approximate surface area is 164 Å². The van der Waals surface area contributed by atoms with Gasteiger partial charge in [0.05, 0.1) is 0 Å². The van der Waals surface area contributed by atoms with Gasteiger partial charge in [-0.15, -0.1) is 0 Å². The highest BCUT2D eigenvalue weighted by molar-refractivity contribution is 5.96. The highest BCUT2D eigenvalue weighted by atomic mass is 16.5. The van der Waals surface area contributed by atoms with Crippen molar-refractivity contribution < 1.29 is 14.3 Å². The van der Waals surface area contributed by atoms with Crippen molar-refractivity contribution in [3.63, 3.8) is 0 Å². The zero-order valence-electron chi connectivity index (χ0n) is 15.6. The lowest BCUT2D eigenvalue weighted by atomic mass is 10.1. The molecule has 0 heterocycles. The molecule has 28 heavy (non-hydrogen) atoms. The van der Waals surface area contributed by atoms with Crippen LogP contribution >= 0.6 is 0 Å². The van der Waals surface area contributed by atoms with Crippen molar-refractivity contribution in [2.45, 2.75) is 19.6 Å². The number of benzene rings is 3. The summed E-state index contributed by atoms with van der Waals surface area (Å²) in [5.74, 6) is 0.211. The molecule has 0 saturated carbocycles. The summed E-state index contributed by atoms with van der Waals surface area (Å²) in [4.78, 5) is 24.5. The highest BCUT2D eigenvalue weighted by Gasteiger charge is 2.15. The average Bonchev–Trinajstić information content (AvgIpc) is 2.74. The number of ether oxygens (including phenoxy) is 1. The summed E-state index contributed by atoms with van der Waals surface area (Å²) in [6.45, 7) is 2.15. The van der Waals surface area contributed by atoms with Gasteiger partial charge in [-0.1, -0.05) is 48.5 Å². The minimum Gasteiger partial charge on any atom is -0.481 e. The van der Waals surface area contributed by atoms with Crippen molar-refractivity contribution in [2.75, 3.05) is 5.32 Å². The molecule has 0 bridgehead atoms. The van der Waals surface area contributed by atoms with Gasteiger partial charge in [-0.05, 0) is 48.9 Å². The predicted molar refractivity (Wildman–Crippen MR) is 109 cm³/mol. The van der Waals surface area contributed by atoms with E-state index in [1.54, 1.807) is 43.3 Å². The number of hydrogen-bond acceptors (Lipinski definition) is 3. The van der Waals surface area contributed by atoms with Crippen LogP contribution in [-0.2, 0) is 11.3 Å². The van der Waals surface area contributed by atoms with Crippen molar-refractivity contribution >= 4 is 17.5 Å². The topological polar surface area (TPSA) is 67.4 Å². The summed E-state index contributed by atoms with van der Waals surface area (Å²) in [6.07, 6.45) is -0.642. The first-order valence-corrected chi connectivity index (χ1v) is 9.06. The molecule has 3 aromatic carbocycles. The van der Waals surface area contributed by atoms with Gasteiger partial charge in [0.1, 0.15) is 5.75 Å². The number of para-hydroxylation sites is 1. The Morgan fingerprint density at radius 3 is 2.11 bits per heavy atom. The molecule has 3 aromatic rings. The van der Waals surface area contributed by atoms with E-state index in [0.29, 0.717) is 23.5 Å². The summed E-state index contributed by atoms with van der Waals surface area (Å²) in [5.41, 5.74) is 2.17. The molecule has 0 aromatic heterocycles. The maximum Gasteiger partial charge on any atom is 0.265 e. The number of nitrogens with one attached hydrogen (secondary N) is 2. The van der Waals surface area contributed by atoms with E-state index in [1.165, 1.54) is 0 Å². The molecule has 0 aliphatic carbocycles. The molecule has 0 spiro atoms. The van der Waals surface area contributed by atoms with Gasteiger partial charge in [-0.2, -0.15) is 0 Å². The Hall–Kier alpha value is -3.60. The van der Waals surface area contributed by atoms with Gasteiger partial charge in [0.25, 0.3) is 11.8 Å². The van der Waals surface area contributed by atoms with Crippen molar-refractivity contribution in [1.29, 1.82) is 0 Å². The van der Waals surface area contributed by atoms with E-state index in [9.17, 15) is 9.59 Å². The molecule has 142 valence electrons. The van der Waals surface area contributed by atoms with Crippen molar-refractivity contribution in [1.82, 2.24) is 5.32 Å². The number of rotatable bonds is 7. The Morgan fingerprint density at radius 2 is 1.46 bits per heavy atom. The molecular weight excluding hydrogens is 352 g/mol. The fraction of sp³-hybridized carbons (Fsp3) is 0.130. The second kappa shape index (κ2) is 9.37. The van der Waals surface area contributed by atoms with E-state index in [4.69, 9.17) is 4.74 Å². The molecule has 0 saturated heterocycles. The lowest BCUT2D eigenvalue weighted by Crippen LogP contribution is -2.30. The highest BCUT2D eigenvalue weighted by Crippen LogP contribution is 2.14. The minimum atomic E-state index is -0.642.